The highest BCUT2D eigenvalue weighted by Gasteiger charge is 2.41. The first-order valence-electron chi connectivity index (χ1n) is 10.6. The van der Waals surface area contributed by atoms with Crippen molar-refractivity contribution >= 4 is 33.8 Å². The summed E-state index contributed by atoms with van der Waals surface area (Å²) >= 11 is 0. The van der Waals surface area contributed by atoms with Gasteiger partial charge < -0.3 is 15.2 Å². The molecule has 2 atom stereocenters. The fourth-order valence-corrected chi connectivity index (χ4v) is 4.34. The number of aromatic nitrogens is 6. The topological polar surface area (TPSA) is 108 Å². The van der Waals surface area contributed by atoms with Crippen molar-refractivity contribution in [3.8, 4) is 11.8 Å². The number of anilines is 1. The number of aryl methyl sites for hydroxylation is 1. The Morgan fingerprint density at radius 1 is 1.29 bits per heavy atom. The van der Waals surface area contributed by atoms with E-state index in [2.05, 4.69) is 38.5 Å². The lowest BCUT2D eigenvalue weighted by molar-refractivity contribution is -0.129. The average molecular weight is 480 g/mol. The van der Waals surface area contributed by atoms with Crippen LogP contribution in [0, 0.1) is 17.7 Å². The molecule has 178 valence electrons. The highest BCUT2D eigenvalue weighted by molar-refractivity contribution is 5.91. The molecule has 1 fully saturated rings. The molecular formula is C23H19F3N8O. The predicted octanol–water partition coefficient (Wildman–Crippen LogP) is 2.43. The quantitative estimate of drug-likeness (QED) is 0.357. The van der Waals surface area contributed by atoms with Crippen molar-refractivity contribution < 1.29 is 18.0 Å². The van der Waals surface area contributed by atoms with Gasteiger partial charge in [-0.25, -0.2) is 32.8 Å². The van der Waals surface area contributed by atoms with Crippen LogP contribution in [0.2, 0.25) is 0 Å². The van der Waals surface area contributed by atoms with Crippen LogP contribution < -0.4 is 5.73 Å². The van der Waals surface area contributed by atoms with Crippen LogP contribution in [0.5, 0.6) is 0 Å². The number of rotatable bonds is 3. The van der Waals surface area contributed by atoms with Crippen LogP contribution in [0.25, 0.3) is 22.1 Å². The number of alkyl halides is 2. The molecule has 1 aromatic carbocycles. The monoisotopic (exact) mass is 480 g/mol. The fraction of sp³-hybridized carbons (Fsp3) is 0.261. The Morgan fingerprint density at radius 3 is 2.83 bits per heavy atom. The van der Waals surface area contributed by atoms with Gasteiger partial charge >= 0.3 is 0 Å². The normalized spacial score (nSPS) is 17.8. The molecule has 1 saturated heterocycles. The van der Waals surface area contributed by atoms with Crippen molar-refractivity contribution in [1.29, 1.82) is 0 Å². The van der Waals surface area contributed by atoms with E-state index in [4.69, 9.17) is 5.73 Å². The third-order valence-electron chi connectivity index (χ3n) is 6.06. The van der Waals surface area contributed by atoms with Gasteiger partial charge in [0.2, 0.25) is 5.91 Å². The zero-order valence-electron chi connectivity index (χ0n) is 18.5. The van der Waals surface area contributed by atoms with Gasteiger partial charge in [-0.05, 0) is 24.5 Å². The number of halogens is 3. The van der Waals surface area contributed by atoms with Crippen LogP contribution >= 0.6 is 0 Å². The molecular weight excluding hydrogens is 461 g/mol. The second kappa shape index (κ2) is 8.43. The van der Waals surface area contributed by atoms with Gasteiger partial charge in [-0.1, -0.05) is 12.5 Å². The number of likely N-dealkylation sites (tertiary alicyclic amines) is 1. The summed E-state index contributed by atoms with van der Waals surface area (Å²) < 4.78 is 45.1. The molecule has 35 heavy (non-hydrogen) atoms. The molecule has 4 aromatic rings. The average Bonchev–Trinajstić information content (AvgIpc) is 3.53. The van der Waals surface area contributed by atoms with Gasteiger partial charge in [-0.15, -0.1) is 0 Å². The minimum atomic E-state index is -2.74. The van der Waals surface area contributed by atoms with Gasteiger partial charge in [0.1, 0.15) is 23.7 Å². The molecule has 0 aliphatic carbocycles. The molecule has 4 heterocycles. The molecule has 12 heteroatoms. The molecule has 0 radical (unpaired) electrons. The smallest absolute Gasteiger partial charge is 0.258 e. The van der Waals surface area contributed by atoms with E-state index in [1.165, 1.54) is 23.1 Å². The van der Waals surface area contributed by atoms with Crippen LogP contribution in [0.1, 0.15) is 23.7 Å². The Kier molecular flexibility index (Phi) is 5.39. The fourth-order valence-electron chi connectivity index (χ4n) is 4.34. The van der Waals surface area contributed by atoms with Gasteiger partial charge in [0.05, 0.1) is 40.4 Å². The maximum Gasteiger partial charge on any atom is 0.258 e. The largest absolute Gasteiger partial charge is 0.383 e. The van der Waals surface area contributed by atoms with Crippen molar-refractivity contribution in [1.82, 2.24) is 34.2 Å². The van der Waals surface area contributed by atoms with Gasteiger partial charge in [0.15, 0.2) is 5.65 Å². The van der Waals surface area contributed by atoms with E-state index in [1.54, 1.807) is 17.9 Å². The van der Waals surface area contributed by atoms with Gasteiger partial charge in [-0.3, -0.25) is 4.79 Å². The Morgan fingerprint density at radius 2 is 2.09 bits per heavy atom. The zero-order valence-corrected chi connectivity index (χ0v) is 18.5. The third-order valence-corrected chi connectivity index (χ3v) is 6.06. The van der Waals surface area contributed by atoms with Crippen LogP contribution in [-0.4, -0.2) is 59.1 Å². The number of hydrogen-bond donors (Lipinski definition) is 1. The van der Waals surface area contributed by atoms with Crippen molar-refractivity contribution in [3.05, 3.63) is 54.5 Å². The lowest BCUT2D eigenvalue weighted by Gasteiger charge is -2.21. The van der Waals surface area contributed by atoms with E-state index < -0.39 is 30.2 Å². The summed E-state index contributed by atoms with van der Waals surface area (Å²) in [6.45, 7) is 3.38. The summed E-state index contributed by atoms with van der Waals surface area (Å²) in [6, 6.07) is 0.971. The number of fused-ring (bicyclic) bond motifs is 2. The second-order valence-corrected chi connectivity index (χ2v) is 8.16. The first-order valence-corrected chi connectivity index (χ1v) is 10.6. The van der Waals surface area contributed by atoms with Gasteiger partial charge in [0, 0.05) is 19.7 Å². The number of nitrogens with two attached hydrogens (primary N) is 1. The Balaban J connectivity index is 1.58. The summed E-state index contributed by atoms with van der Waals surface area (Å²) in [5.74, 6) is 4.54. The van der Waals surface area contributed by atoms with Crippen molar-refractivity contribution in [2.75, 3.05) is 12.3 Å². The molecule has 1 aliphatic heterocycles. The predicted molar refractivity (Wildman–Crippen MR) is 122 cm³/mol. The van der Waals surface area contributed by atoms with Crippen LogP contribution in [0.4, 0.5) is 19.0 Å². The van der Waals surface area contributed by atoms with Gasteiger partial charge in [0.25, 0.3) is 6.43 Å². The van der Waals surface area contributed by atoms with Crippen molar-refractivity contribution in [2.45, 2.75) is 24.9 Å². The SMILES string of the molecule is C=CC(=O)N1CC(n2nc(C#Cc3cc4ncn(C)c4cc3F)c3c(N)ncnc32)C[C@@H]1C(F)F. The maximum absolute atomic E-state index is 14.7. The number of amides is 1. The lowest BCUT2D eigenvalue weighted by Crippen LogP contribution is -2.38. The molecule has 0 bridgehead atoms. The number of carbonyl (C=O) groups excluding carboxylic acids is 1. The summed E-state index contributed by atoms with van der Waals surface area (Å²) in [4.78, 5) is 25.6. The third kappa shape index (κ3) is 3.74. The Bertz CT molecular complexity index is 1550. The van der Waals surface area contributed by atoms with Crippen LogP contribution in [0.3, 0.4) is 0 Å². The number of imidazole rings is 1. The minimum Gasteiger partial charge on any atom is -0.383 e. The number of carbonyl (C=O) groups is 1. The maximum atomic E-state index is 14.7. The molecule has 5 rings (SSSR count). The van der Waals surface area contributed by atoms with Crippen LogP contribution in [-0.2, 0) is 11.8 Å². The highest BCUT2D eigenvalue weighted by Crippen LogP contribution is 2.34. The summed E-state index contributed by atoms with van der Waals surface area (Å²) in [6.07, 6.45) is 1.02. The zero-order chi connectivity index (χ0) is 24.9. The summed E-state index contributed by atoms with van der Waals surface area (Å²) in [5, 5.41) is 4.79. The van der Waals surface area contributed by atoms with E-state index in [0.717, 1.165) is 11.0 Å². The minimum absolute atomic E-state index is 0.0155. The van der Waals surface area contributed by atoms with Crippen molar-refractivity contribution in [2.24, 2.45) is 7.05 Å². The van der Waals surface area contributed by atoms with E-state index >= 15 is 0 Å². The second-order valence-electron chi connectivity index (χ2n) is 8.16. The lowest BCUT2D eigenvalue weighted by atomic mass is 10.1. The molecule has 1 unspecified atom stereocenters. The highest BCUT2D eigenvalue weighted by atomic mass is 19.3. The molecule has 1 aliphatic rings. The molecule has 1 amide bonds. The Hall–Kier alpha value is -4.40. The van der Waals surface area contributed by atoms with Crippen LogP contribution in [0.15, 0.2) is 37.4 Å². The molecule has 0 saturated carbocycles. The molecule has 3 aromatic heterocycles. The molecule has 2 N–H and O–H groups in total. The van der Waals surface area contributed by atoms with E-state index in [1.807, 2.05) is 0 Å². The number of nitrogen functional groups attached to an aromatic ring is 1. The standard InChI is InChI=1S/C23H19F3N8O/c1-3-19(35)33-9-13(7-18(33)21(25)26)34-23-20(22(27)28-10-29-23)15(31-34)5-4-12-6-16-17(8-14(12)24)32(2)11-30-16/h3,6,8,10-11,13,18,21H,1,7,9H2,2H3,(H2,27,28,29)/t13?,18-/m1/s1. The molecule has 0 spiro atoms. The summed E-state index contributed by atoms with van der Waals surface area (Å²) in [7, 11) is 1.76. The first-order chi connectivity index (χ1) is 16.8. The summed E-state index contributed by atoms with van der Waals surface area (Å²) in [5.41, 5.74) is 7.82. The van der Waals surface area contributed by atoms with E-state index in [-0.39, 0.29) is 35.7 Å². The molecule has 9 nitrogen and oxygen atoms in total. The van der Waals surface area contributed by atoms with Crippen molar-refractivity contribution in [3.63, 3.8) is 0 Å². The van der Waals surface area contributed by atoms with Gasteiger partial charge in [-0.2, -0.15) is 5.10 Å². The first kappa shape index (κ1) is 22.4. The Labute approximate surface area is 197 Å². The number of nitrogens with zero attached hydrogens (tertiary/aromatic N) is 7. The number of benzene rings is 1. The number of hydrogen-bond acceptors (Lipinski definition) is 6. The van der Waals surface area contributed by atoms with E-state index in [9.17, 15) is 18.0 Å². The van der Waals surface area contributed by atoms with E-state index in [0.29, 0.717) is 16.4 Å².